The Morgan fingerprint density at radius 3 is 2.21 bits per heavy atom. The van der Waals surface area contributed by atoms with Crippen molar-refractivity contribution in [1.82, 2.24) is 0 Å². The highest BCUT2D eigenvalue weighted by molar-refractivity contribution is 6.37. The summed E-state index contributed by atoms with van der Waals surface area (Å²) in [4.78, 5) is 0. The molecule has 134 valence electrons. The van der Waals surface area contributed by atoms with Crippen molar-refractivity contribution in [3.8, 4) is 5.75 Å². The van der Waals surface area contributed by atoms with Gasteiger partial charge >= 0.3 is 6.36 Å². The molecule has 0 spiro atoms. The molecule has 1 nitrogen and oxygen atoms in total. The molecule has 0 aromatic heterocycles. The van der Waals surface area contributed by atoms with Crippen LogP contribution < -0.4 is 4.74 Å². The van der Waals surface area contributed by atoms with Crippen molar-refractivity contribution in [2.75, 3.05) is 0 Å². The van der Waals surface area contributed by atoms with Gasteiger partial charge in [-0.2, -0.15) is 0 Å². The van der Waals surface area contributed by atoms with Crippen LogP contribution in [0.3, 0.4) is 0 Å². The summed E-state index contributed by atoms with van der Waals surface area (Å²) in [6.07, 6.45) is 7.75. The number of ether oxygens (including phenoxy) is 1. The first-order valence-electron chi connectivity index (χ1n) is 9.35. The first-order chi connectivity index (χ1) is 11.5. The fraction of sp³-hybridized carbons (Fsp3) is 0.684. The van der Waals surface area contributed by atoms with Crippen molar-refractivity contribution in [3.63, 3.8) is 0 Å². The van der Waals surface area contributed by atoms with E-state index in [2.05, 4.69) is 4.74 Å². The Morgan fingerprint density at radius 2 is 1.62 bits per heavy atom. The van der Waals surface area contributed by atoms with Crippen LogP contribution in [0.2, 0.25) is 5.82 Å². The molecule has 0 radical (unpaired) electrons. The topological polar surface area (TPSA) is 9.23 Å². The van der Waals surface area contributed by atoms with Gasteiger partial charge in [0.25, 0.3) is 0 Å². The second-order valence-corrected chi connectivity index (χ2v) is 6.94. The van der Waals surface area contributed by atoms with E-state index >= 15 is 0 Å². The minimum atomic E-state index is -4.62. The summed E-state index contributed by atoms with van der Waals surface area (Å²) < 4.78 is 41.1. The molecular weight excluding hydrogens is 312 g/mol. The number of hydrogen-bond donors (Lipinski definition) is 0. The summed E-state index contributed by atoms with van der Waals surface area (Å²) >= 11 is 0. The van der Waals surface area contributed by atoms with Crippen LogP contribution in [0.1, 0.15) is 69.4 Å². The molecule has 5 heteroatoms. The SMILES string of the molecule is CCc1cc(OC(F)(F)F)ccc1CBC1CCCCCCCC1. The van der Waals surface area contributed by atoms with Crippen LogP contribution in [-0.4, -0.2) is 13.6 Å². The highest BCUT2D eigenvalue weighted by Crippen LogP contribution is 2.28. The minimum Gasteiger partial charge on any atom is -0.406 e. The van der Waals surface area contributed by atoms with Crippen molar-refractivity contribution >= 4 is 7.28 Å². The van der Waals surface area contributed by atoms with Crippen molar-refractivity contribution in [2.45, 2.75) is 83.2 Å². The van der Waals surface area contributed by atoms with E-state index in [1.807, 2.05) is 13.0 Å². The first-order valence-corrected chi connectivity index (χ1v) is 9.35. The fourth-order valence-electron chi connectivity index (χ4n) is 3.74. The van der Waals surface area contributed by atoms with Gasteiger partial charge in [0.15, 0.2) is 0 Å². The van der Waals surface area contributed by atoms with E-state index in [0.29, 0.717) is 0 Å². The van der Waals surface area contributed by atoms with Crippen molar-refractivity contribution < 1.29 is 17.9 Å². The second kappa shape index (κ2) is 9.38. The van der Waals surface area contributed by atoms with Crippen LogP contribution in [-0.2, 0) is 12.7 Å². The molecule has 0 amide bonds. The molecule has 1 fully saturated rings. The molecule has 0 heterocycles. The summed E-state index contributed by atoms with van der Waals surface area (Å²) in [5, 5.41) is 0. The van der Waals surface area contributed by atoms with E-state index in [9.17, 15) is 13.2 Å². The predicted molar refractivity (Wildman–Crippen MR) is 94.0 cm³/mol. The zero-order valence-electron chi connectivity index (χ0n) is 14.6. The maximum Gasteiger partial charge on any atom is 0.573 e. The van der Waals surface area contributed by atoms with Gasteiger partial charge in [-0.3, -0.25) is 0 Å². The predicted octanol–water partition coefficient (Wildman–Crippen LogP) is 6.01. The Bertz CT molecular complexity index is 492. The van der Waals surface area contributed by atoms with Gasteiger partial charge in [-0.25, -0.2) is 0 Å². The summed E-state index contributed by atoms with van der Waals surface area (Å²) in [7, 11) is 1.15. The molecule has 0 unspecified atom stereocenters. The smallest absolute Gasteiger partial charge is 0.406 e. The van der Waals surface area contributed by atoms with Crippen molar-refractivity contribution in [3.05, 3.63) is 29.3 Å². The fourth-order valence-corrected chi connectivity index (χ4v) is 3.74. The van der Waals surface area contributed by atoms with Gasteiger partial charge < -0.3 is 4.74 Å². The Kier molecular flexibility index (Phi) is 7.51. The molecule has 1 aromatic carbocycles. The average molecular weight is 340 g/mol. The summed E-state index contributed by atoms with van der Waals surface area (Å²) in [5.74, 6) is 0.657. The Balaban J connectivity index is 1.95. The van der Waals surface area contributed by atoms with Crippen LogP contribution >= 0.6 is 0 Å². The largest absolute Gasteiger partial charge is 0.573 e. The molecule has 0 N–H and O–H groups in total. The third kappa shape index (κ3) is 6.78. The van der Waals surface area contributed by atoms with E-state index in [4.69, 9.17) is 0 Å². The molecule has 0 saturated heterocycles. The molecule has 2 rings (SSSR count). The van der Waals surface area contributed by atoms with Gasteiger partial charge in [0.1, 0.15) is 13.0 Å². The Morgan fingerprint density at radius 1 is 1.00 bits per heavy atom. The Hall–Kier alpha value is -1.13. The molecule has 24 heavy (non-hydrogen) atoms. The van der Waals surface area contributed by atoms with Gasteiger partial charge in [0.05, 0.1) is 0 Å². The standard InChI is InChI=1S/C19H28BF3O/c1-2-15-13-18(24-19(21,22)23)12-11-16(15)14-20-17-9-7-5-3-4-6-8-10-17/h11-13,17,20H,2-10,14H2,1H3. The van der Waals surface area contributed by atoms with Crippen molar-refractivity contribution in [2.24, 2.45) is 0 Å². The van der Waals surface area contributed by atoms with Crippen LogP contribution in [0, 0.1) is 0 Å². The monoisotopic (exact) mass is 340 g/mol. The first kappa shape index (κ1) is 19.2. The molecule has 0 aliphatic heterocycles. The lowest BCUT2D eigenvalue weighted by Gasteiger charge is -2.17. The second-order valence-electron chi connectivity index (χ2n) is 6.94. The number of halogens is 3. The molecule has 1 saturated carbocycles. The third-order valence-electron chi connectivity index (χ3n) is 5.09. The quantitative estimate of drug-likeness (QED) is 0.597. The summed E-state index contributed by atoms with van der Waals surface area (Å²) in [6.45, 7) is 1.98. The Labute approximate surface area is 144 Å². The maximum atomic E-state index is 12.4. The lowest BCUT2D eigenvalue weighted by molar-refractivity contribution is -0.274. The highest BCUT2D eigenvalue weighted by atomic mass is 19.4. The van der Waals surface area contributed by atoms with Gasteiger partial charge in [-0.05, 0) is 24.1 Å². The number of alkyl halides is 3. The molecule has 1 aliphatic rings. The normalized spacial score (nSPS) is 17.7. The van der Waals surface area contributed by atoms with E-state index in [0.717, 1.165) is 31.4 Å². The van der Waals surface area contributed by atoms with E-state index in [1.165, 1.54) is 63.0 Å². The van der Waals surface area contributed by atoms with Gasteiger partial charge in [0, 0.05) is 0 Å². The van der Waals surface area contributed by atoms with Gasteiger partial charge in [-0.15, -0.1) is 13.2 Å². The lowest BCUT2D eigenvalue weighted by Crippen LogP contribution is -2.17. The van der Waals surface area contributed by atoms with E-state index in [1.54, 1.807) is 6.07 Å². The zero-order valence-corrected chi connectivity index (χ0v) is 14.6. The number of benzene rings is 1. The number of rotatable bonds is 5. The number of aryl methyl sites for hydroxylation is 1. The lowest BCUT2D eigenvalue weighted by atomic mass is 9.57. The van der Waals surface area contributed by atoms with E-state index < -0.39 is 6.36 Å². The van der Waals surface area contributed by atoms with Crippen molar-refractivity contribution in [1.29, 1.82) is 0 Å². The van der Waals surface area contributed by atoms with Gasteiger partial charge in [-0.1, -0.05) is 82.1 Å². The van der Waals surface area contributed by atoms with Crippen LogP contribution in [0.15, 0.2) is 18.2 Å². The van der Waals surface area contributed by atoms with Crippen LogP contribution in [0.4, 0.5) is 13.2 Å². The molecule has 0 atom stereocenters. The van der Waals surface area contributed by atoms with E-state index in [-0.39, 0.29) is 5.75 Å². The maximum absolute atomic E-state index is 12.4. The highest BCUT2D eigenvalue weighted by Gasteiger charge is 2.31. The molecular formula is C19H28BF3O. The minimum absolute atomic E-state index is 0.106. The van der Waals surface area contributed by atoms with Gasteiger partial charge in [0.2, 0.25) is 0 Å². The van der Waals surface area contributed by atoms with Crippen LogP contribution in [0.25, 0.3) is 0 Å². The zero-order chi connectivity index (χ0) is 17.4. The van der Waals surface area contributed by atoms with Crippen LogP contribution in [0.5, 0.6) is 5.75 Å². The summed E-state index contributed by atoms with van der Waals surface area (Å²) in [6, 6.07) is 4.81. The average Bonchev–Trinajstić information content (AvgIpc) is 2.65. The third-order valence-corrected chi connectivity index (χ3v) is 5.09. The number of hydrogen-bond acceptors (Lipinski definition) is 1. The molecule has 1 aliphatic carbocycles. The molecule has 1 aromatic rings. The summed E-state index contributed by atoms with van der Waals surface area (Å²) in [5.41, 5.74) is 2.15. The molecule has 0 bridgehead atoms.